The number of aryl methyl sites for hydroxylation is 1. The molecule has 0 heterocycles. The van der Waals surface area contributed by atoms with Gasteiger partial charge in [0.05, 0.1) is 5.02 Å². The minimum Gasteiger partial charge on any atom is -0.294 e. The normalized spacial score (nSPS) is 10.7. The maximum absolute atomic E-state index is 13.1. The molecule has 0 bridgehead atoms. The Morgan fingerprint density at radius 1 is 1.00 bits per heavy atom. The fourth-order valence-corrected chi connectivity index (χ4v) is 2.25. The van der Waals surface area contributed by atoms with Crippen molar-refractivity contribution in [2.24, 2.45) is 0 Å². The van der Waals surface area contributed by atoms with Gasteiger partial charge in [0, 0.05) is 17.0 Å². The van der Waals surface area contributed by atoms with E-state index in [2.05, 4.69) is 0 Å². The van der Waals surface area contributed by atoms with E-state index in [0.717, 1.165) is 12.1 Å². The van der Waals surface area contributed by atoms with E-state index in [-0.39, 0.29) is 34.8 Å². The van der Waals surface area contributed by atoms with Gasteiger partial charge in [-0.3, -0.25) is 4.79 Å². The van der Waals surface area contributed by atoms with Crippen molar-refractivity contribution in [3.63, 3.8) is 0 Å². The van der Waals surface area contributed by atoms with Gasteiger partial charge in [-0.15, -0.1) is 0 Å². The average Bonchev–Trinajstić information content (AvgIpc) is 2.44. The third-order valence-corrected chi connectivity index (χ3v) is 3.48. The molecule has 110 valence electrons. The number of hydrogen-bond acceptors (Lipinski definition) is 1. The maximum Gasteiger partial charge on any atom is 0.194 e. The Hall–Kier alpha value is -1.52. The molecule has 0 amide bonds. The van der Waals surface area contributed by atoms with Gasteiger partial charge in [-0.1, -0.05) is 23.2 Å². The topological polar surface area (TPSA) is 17.1 Å². The first-order valence-electron chi connectivity index (χ1n) is 6.00. The van der Waals surface area contributed by atoms with Crippen molar-refractivity contribution in [2.45, 2.75) is 12.8 Å². The van der Waals surface area contributed by atoms with Crippen molar-refractivity contribution in [2.75, 3.05) is 0 Å². The molecule has 1 nitrogen and oxygen atoms in total. The zero-order chi connectivity index (χ0) is 15.6. The van der Waals surface area contributed by atoms with Gasteiger partial charge in [-0.2, -0.15) is 0 Å². The first-order chi connectivity index (χ1) is 9.88. The Morgan fingerprint density at radius 2 is 1.62 bits per heavy atom. The highest BCUT2D eigenvalue weighted by molar-refractivity contribution is 6.35. The second-order valence-corrected chi connectivity index (χ2v) is 5.26. The minimum atomic E-state index is -1.53. The minimum absolute atomic E-state index is 0.0232. The Labute approximate surface area is 129 Å². The second-order valence-electron chi connectivity index (χ2n) is 4.42. The second kappa shape index (κ2) is 6.50. The summed E-state index contributed by atoms with van der Waals surface area (Å²) in [6.07, 6.45) is 0.0420. The van der Waals surface area contributed by atoms with Crippen LogP contribution in [0.3, 0.4) is 0 Å². The molecule has 0 saturated heterocycles. The number of ketones is 1. The highest BCUT2D eigenvalue weighted by Crippen LogP contribution is 2.23. The molecule has 0 saturated carbocycles. The Bertz CT molecular complexity index is 678. The highest BCUT2D eigenvalue weighted by Gasteiger charge is 2.14. The largest absolute Gasteiger partial charge is 0.294 e. The molecule has 0 aliphatic heterocycles. The Balaban J connectivity index is 2.13. The first kappa shape index (κ1) is 15.9. The summed E-state index contributed by atoms with van der Waals surface area (Å²) in [4.78, 5) is 12.0. The van der Waals surface area contributed by atoms with E-state index in [1.807, 2.05) is 0 Å². The van der Waals surface area contributed by atoms with Gasteiger partial charge in [-0.25, -0.2) is 13.2 Å². The van der Waals surface area contributed by atoms with Crippen LogP contribution in [0.2, 0.25) is 10.0 Å². The summed E-state index contributed by atoms with van der Waals surface area (Å²) in [5, 5.41) is 0.613. The fourth-order valence-electron chi connectivity index (χ4n) is 1.86. The van der Waals surface area contributed by atoms with Crippen molar-refractivity contribution in [1.82, 2.24) is 0 Å². The number of rotatable bonds is 4. The summed E-state index contributed by atoms with van der Waals surface area (Å²) in [6, 6.07) is 6.20. The van der Waals surface area contributed by atoms with Crippen molar-refractivity contribution in [3.8, 4) is 0 Å². The number of Topliss-reactive ketones (excluding diaryl/α,β-unsaturated/α-hetero) is 1. The molecule has 0 radical (unpaired) electrons. The molecule has 0 spiro atoms. The molecule has 0 fully saturated rings. The van der Waals surface area contributed by atoms with Crippen molar-refractivity contribution >= 4 is 29.0 Å². The predicted molar refractivity (Wildman–Crippen MR) is 75.4 cm³/mol. The van der Waals surface area contributed by atoms with Gasteiger partial charge in [-0.05, 0) is 42.3 Å². The quantitative estimate of drug-likeness (QED) is 0.553. The molecule has 2 aromatic rings. The average molecular weight is 333 g/mol. The molecular weight excluding hydrogens is 324 g/mol. The van der Waals surface area contributed by atoms with E-state index in [0.29, 0.717) is 5.02 Å². The number of hydrogen-bond donors (Lipinski definition) is 0. The van der Waals surface area contributed by atoms with Crippen molar-refractivity contribution in [3.05, 3.63) is 69.0 Å². The van der Waals surface area contributed by atoms with E-state index < -0.39 is 17.5 Å². The molecule has 0 aliphatic carbocycles. The van der Waals surface area contributed by atoms with Crippen LogP contribution in [0.4, 0.5) is 13.2 Å². The van der Waals surface area contributed by atoms with E-state index >= 15 is 0 Å². The van der Waals surface area contributed by atoms with Gasteiger partial charge in [0.15, 0.2) is 23.2 Å². The molecular formula is C15H9Cl2F3O. The predicted octanol–water partition coefficient (Wildman–Crippen LogP) is 5.23. The standard InChI is InChI=1S/C15H9Cl2F3O/c16-9-2-3-11(17)10(7-9)14(21)4-1-8-5-12(18)15(20)13(19)6-8/h2-3,5-7H,1,4H2. The lowest BCUT2D eigenvalue weighted by molar-refractivity contribution is 0.0983. The summed E-state index contributed by atoms with van der Waals surface area (Å²) < 4.78 is 39.0. The van der Waals surface area contributed by atoms with Crippen LogP contribution in [0.1, 0.15) is 22.3 Å². The van der Waals surface area contributed by atoms with Crippen LogP contribution in [-0.4, -0.2) is 5.78 Å². The molecule has 2 aromatic carbocycles. The van der Waals surface area contributed by atoms with Crippen LogP contribution in [0.25, 0.3) is 0 Å². The van der Waals surface area contributed by atoms with Crippen LogP contribution in [0.5, 0.6) is 0 Å². The lowest BCUT2D eigenvalue weighted by atomic mass is 10.0. The number of halogens is 5. The summed E-state index contributed by atoms with van der Waals surface area (Å²) >= 11 is 11.7. The van der Waals surface area contributed by atoms with Crippen LogP contribution in [-0.2, 0) is 6.42 Å². The summed E-state index contributed by atoms with van der Waals surface area (Å²) in [7, 11) is 0. The van der Waals surface area contributed by atoms with Crippen LogP contribution in [0.15, 0.2) is 30.3 Å². The summed E-state index contributed by atoms with van der Waals surface area (Å²) in [5.74, 6) is -4.40. The van der Waals surface area contributed by atoms with Gasteiger partial charge in [0.1, 0.15) is 0 Å². The maximum atomic E-state index is 13.1. The molecule has 21 heavy (non-hydrogen) atoms. The van der Waals surface area contributed by atoms with Crippen LogP contribution >= 0.6 is 23.2 Å². The van der Waals surface area contributed by atoms with Gasteiger partial charge >= 0.3 is 0 Å². The fraction of sp³-hybridized carbons (Fsp3) is 0.133. The van der Waals surface area contributed by atoms with Crippen LogP contribution < -0.4 is 0 Å². The van der Waals surface area contributed by atoms with Gasteiger partial charge < -0.3 is 0 Å². The number of carbonyl (C=O) groups excluding carboxylic acids is 1. The molecule has 0 atom stereocenters. The van der Waals surface area contributed by atoms with Gasteiger partial charge in [0.2, 0.25) is 0 Å². The molecule has 0 aromatic heterocycles. The third kappa shape index (κ3) is 3.77. The number of benzene rings is 2. The smallest absolute Gasteiger partial charge is 0.194 e. The van der Waals surface area contributed by atoms with E-state index in [1.165, 1.54) is 12.1 Å². The molecule has 6 heteroatoms. The van der Waals surface area contributed by atoms with Crippen molar-refractivity contribution in [1.29, 1.82) is 0 Å². The third-order valence-electron chi connectivity index (χ3n) is 2.91. The number of carbonyl (C=O) groups is 1. The zero-order valence-corrected chi connectivity index (χ0v) is 12.1. The van der Waals surface area contributed by atoms with Crippen LogP contribution in [0, 0.1) is 17.5 Å². The molecule has 0 N–H and O–H groups in total. The Morgan fingerprint density at radius 3 is 2.24 bits per heavy atom. The lowest BCUT2D eigenvalue weighted by Gasteiger charge is -2.05. The summed E-state index contributed by atoms with van der Waals surface area (Å²) in [5.41, 5.74) is 0.435. The van der Waals surface area contributed by atoms with E-state index in [9.17, 15) is 18.0 Å². The molecule has 2 rings (SSSR count). The lowest BCUT2D eigenvalue weighted by Crippen LogP contribution is -2.03. The van der Waals surface area contributed by atoms with E-state index in [1.54, 1.807) is 6.07 Å². The van der Waals surface area contributed by atoms with Crippen molar-refractivity contribution < 1.29 is 18.0 Å². The van der Waals surface area contributed by atoms with Gasteiger partial charge in [0.25, 0.3) is 0 Å². The Kier molecular flexibility index (Phi) is 4.91. The van der Waals surface area contributed by atoms with E-state index in [4.69, 9.17) is 23.2 Å². The zero-order valence-electron chi connectivity index (χ0n) is 10.6. The molecule has 0 unspecified atom stereocenters. The highest BCUT2D eigenvalue weighted by atomic mass is 35.5. The monoisotopic (exact) mass is 332 g/mol. The summed E-state index contributed by atoms with van der Waals surface area (Å²) in [6.45, 7) is 0. The molecule has 0 aliphatic rings. The SMILES string of the molecule is O=C(CCc1cc(F)c(F)c(F)c1)c1cc(Cl)ccc1Cl. The first-order valence-corrected chi connectivity index (χ1v) is 6.75.